The number of fused-ring (bicyclic) bond motifs is 1. The summed E-state index contributed by atoms with van der Waals surface area (Å²) in [7, 11) is 1.50. The van der Waals surface area contributed by atoms with E-state index in [0.717, 1.165) is 29.5 Å². The molecule has 0 saturated heterocycles. The number of halogens is 3. The molecule has 6 nitrogen and oxygen atoms in total. The smallest absolute Gasteiger partial charge is 0.416 e. The van der Waals surface area contributed by atoms with Crippen LogP contribution in [0.4, 0.5) is 13.2 Å². The molecule has 10 heteroatoms. The van der Waals surface area contributed by atoms with Gasteiger partial charge in [-0.25, -0.2) is 0 Å². The molecular formula is C20H17F3N2O4S. The first-order chi connectivity index (χ1) is 14.2. The number of amides is 1. The highest BCUT2D eigenvalue weighted by molar-refractivity contribution is 7.16. The molecule has 0 aliphatic carbocycles. The molecule has 0 aliphatic rings. The third-order valence-corrected chi connectivity index (χ3v) is 5.16. The Morgan fingerprint density at radius 2 is 1.93 bits per heavy atom. The fourth-order valence-corrected chi connectivity index (χ4v) is 3.79. The summed E-state index contributed by atoms with van der Waals surface area (Å²) < 4.78 is 51.2. The number of carbonyl (C=O) groups excluding carboxylic acids is 2. The largest absolute Gasteiger partial charge is 0.497 e. The zero-order chi connectivity index (χ0) is 21.9. The van der Waals surface area contributed by atoms with Crippen LogP contribution in [0, 0.1) is 0 Å². The molecule has 2 aromatic carbocycles. The van der Waals surface area contributed by atoms with Gasteiger partial charge in [0.25, 0.3) is 5.91 Å². The molecule has 0 atom stereocenters. The van der Waals surface area contributed by atoms with Gasteiger partial charge in [0.1, 0.15) is 12.3 Å². The summed E-state index contributed by atoms with van der Waals surface area (Å²) in [6, 6.07) is 9.14. The van der Waals surface area contributed by atoms with Crippen molar-refractivity contribution < 1.29 is 32.2 Å². The Morgan fingerprint density at radius 1 is 1.17 bits per heavy atom. The number of hydrogen-bond donors (Lipinski definition) is 0. The molecule has 1 heterocycles. The molecule has 0 bridgehead atoms. The second-order valence-corrected chi connectivity index (χ2v) is 7.11. The quantitative estimate of drug-likeness (QED) is 0.564. The van der Waals surface area contributed by atoms with Crippen molar-refractivity contribution in [3.63, 3.8) is 0 Å². The van der Waals surface area contributed by atoms with Crippen molar-refractivity contribution in [3.8, 4) is 5.75 Å². The van der Waals surface area contributed by atoms with Crippen molar-refractivity contribution in [2.24, 2.45) is 4.99 Å². The van der Waals surface area contributed by atoms with Crippen molar-refractivity contribution in [2.45, 2.75) is 19.6 Å². The van der Waals surface area contributed by atoms with Gasteiger partial charge in [-0.3, -0.25) is 9.59 Å². The van der Waals surface area contributed by atoms with E-state index in [9.17, 15) is 22.8 Å². The monoisotopic (exact) mass is 438 g/mol. The van der Waals surface area contributed by atoms with Crippen LogP contribution in [0.1, 0.15) is 22.8 Å². The molecule has 0 N–H and O–H groups in total. The maximum atomic E-state index is 12.9. The van der Waals surface area contributed by atoms with E-state index in [1.165, 1.54) is 17.7 Å². The minimum absolute atomic E-state index is 0.161. The summed E-state index contributed by atoms with van der Waals surface area (Å²) in [5.74, 6) is -0.805. The first kappa shape index (κ1) is 21.6. The number of aromatic nitrogens is 1. The summed E-state index contributed by atoms with van der Waals surface area (Å²) in [4.78, 5) is 28.7. The molecular weight excluding hydrogens is 421 g/mol. The third-order valence-electron chi connectivity index (χ3n) is 4.12. The topological polar surface area (TPSA) is 69.9 Å². The molecule has 0 unspecified atom stereocenters. The number of esters is 1. The van der Waals surface area contributed by atoms with E-state index in [2.05, 4.69) is 4.99 Å². The van der Waals surface area contributed by atoms with E-state index in [-0.39, 0.29) is 23.5 Å². The lowest BCUT2D eigenvalue weighted by molar-refractivity contribution is -0.143. The summed E-state index contributed by atoms with van der Waals surface area (Å²) >= 11 is 1.11. The van der Waals surface area contributed by atoms with Gasteiger partial charge < -0.3 is 14.0 Å². The van der Waals surface area contributed by atoms with Crippen LogP contribution in [0.3, 0.4) is 0 Å². The van der Waals surface area contributed by atoms with E-state index in [1.54, 1.807) is 25.1 Å². The zero-order valence-electron chi connectivity index (χ0n) is 16.0. The molecule has 3 rings (SSSR count). The zero-order valence-corrected chi connectivity index (χ0v) is 16.8. The minimum Gasteiger partial charge on any atom is -0.497 e. The number of hydrogen-bond acceptors (Lipinski definition) is 5. The van der Waals surface area contributed by atoms with Crippen LogP contribution >= 0.6 is 11.3 Å². The lowest BCUT2D eigenvalue weighted by atomic mass is 10.1. The fraction of sp³-hybridized carbons (Fsp3) is 0.250. The SMILES string of the molecule is CCOC(=O)Cn1c(=NC(=O)c2cccc(C(F)(F)F)c2)sc2cc(OC)ccc21. The van der Waals surface area contributed by atoms with Gasteiger partial charge in [0.05, 0.1) is 29.5 Å². The molecule has 0 saturated carbocycles. The van der Waals surface area contributed by atoms with Crippen LogP contribution in [0.25, 0.3) is 10.2 Å². The molecule has 0 radical (unpaired) electrons. The average molecular weight is 438 g/mol. The number of thiazole rings is 1. The highest BCUT2D eigenvalue weighted by Gasteiger charge is 2.30. The normalized spacial score (nSPS) is 12.2. The van der Waals surface area contributed by atoms with E-state index in [4.69, 9.17) is 9.47 Å². The van der Waals surface area contributed by atoms with E-state index in [0.29, 0.717) is 16.0 Å². The highest BCUT2D eigenvalue weighted by Crippen LogP contribution is 2.29. The van der Waals surface area contributed by atoms with Gasteiger partial charge in [-0.15, -0.1) is 0 Å². The second-order valence-electron chi connectivity index (χ2n) is 6.10. The average Bonchev–Trinajstić information content (AvgIpc) is 3.03. The molecule has 0 fully saturated rings. The Labute approximate surface area is 173 Å². The maximum absolute atomic E-state index is 12.9. The number of rotatable bonds is 5. The van der Waals surface area contributed by atoms with Crippen LogP contribution in [0.5, 0.6) is 5.75 Å². The first-order valence-corrected chi connectivity index (χ1v) is 9.64. The van der Waals surface area contributed by atoms with Crippen LogP contribution in [-0.2, 0) is 22.3 Å². The Hall–Kier alpha value is -3.14. The van der Waals surface area contributed by atoms with Crippen molar-refractivity contribution in [3.05, 3.63) is 58.4 Å². The molecule has 3 aromatic rings. The van der Waals surface area contributed by atoms with Crippen molar-refractivity contribution in [2.75, 3.05) is 13.7 Å². The third kappa shape index (κ3) is 4.70. The van der Waals surface area contributed by atoms with Crippen LogP contribution < -0.4 is 9.54 Å². The van der Waals surface area contributed by atoms with Gasteiger partial charge in [0.15, 0.2) is 4.80 Å². The lowest BCUT2D eigenvalue weighted by Gasteiger charge is -2.07. The summed E-state index contributed by atoms with van der Waals surface area (Å²) in [5, 5.41) is 0. The van der Waals surface area contributed by atoms with Gasteiger partial charge in [0.2, 0.25) is 0 Å². The maximum Gasteiger partial charge on any atom is 0.416 e. The number of carbonyl (C=O) groups is 2. The van der Waals surface area contributed by atoms with Crippen LogP contribution in [0.15, 0.2) is 47.5 Å². The molecule has 1 aromatic heterocycles. The number of methoxy groups -OCH3 is 1. The molecule has 158 valence electrons. The van der Waals surface area contributed by atoms with Gasteiger partial charge >= 0.3 is 12.1 Å². The van der Waals surface area contributed by atoms with Crippen molar-refractivity contribution in [1.29, 1.82) is 0 Å². The van der Waals surface area contributed by atoms with Gasteiger partial charge in [-0.1, -0.05) is 17.4 Å². The summed E-state index contributed by atoms with van der Waals surface area (Å²) in [6.07, 6.45) is -4.58. The Bertz CT molecular complexity index is 1160. The standard InChI is InChI=1S/C20H17F3N2O4S/c1-3-29-17(26)11-25-15-8-7-14(28-2)10-16(15)30-19(25)24-18(27)12-5-4-6-13(9-12)20(21,22)23/h4-10H,3,11H2,1-2H3. The second kappa shape index (κ2) is 8.70. The van der Waals surface area contributed by atoms with Crippen LogP contribution in [-0.4, -0.2) is 30.2 Å². The van der Waals surface area contributed by atoms with Crippen LogP contribution in [0.2, 0.25) is 0 Å². The van der Waals surface area contributed by atoms with E-state index < -0.39 is 23.6 Å². The fourth-order valence-electron chi connectivity index (χ4n) is 2.73. The number of benzene rings is 2. The van der Waals surface area contributed by atoms with E-state index >= 15 is 0 Å². The Morgan fingerprint density at radius 3 is 2.60 bits per heavy atom. The van der Waals surface area contributed by atoms with Gasteiger partial charge in [-0.05, 0) is 43.3 Å². The summed E-state index contributed by atoms with van der Waals surface area (Å²) in [5.41, 5.74) is -0.531. The lowest BCUT2D eigenvalue weighted by Crippen LogP contribution is -2.23. The van der Waals surface area contributed by atoms with Gasteiger partial charge in [-0.2, -0.15) is 18.2 Å². The van der Waals surface area contributed by atoms with Crippen molar-refractivity contribution >= 4 is 33.4 Å². The first-order valence-electron chi connectivity index (χ1n) is 8.82. The van der Waals surface area contributed by atoms with Crippen molar-refractivity contribution in [1.82, 2.24) is 4.57 Å². The predicted octanol–water partition coefficient (Wildman–Crippen LogP) is 4.03. The number of alkyl halides is 3. The molecule has 0 aliphatic heterocycles. The number of nitrogens with zero attached hydrogens (tertiary/aromatic N) is 2. The minimum atomic E-state index is -4.58. The highest BCUT2D eigenvalue weighted by atomic mass is 32.1. The van der Waals surface area contributed by atoms with Gasteiger partial charge in [0, 0.05) is 5.56 Å². The number of ether oxygens (including phenoxy) is 2. The molecule has 30 heavy (non-hydrogen) atoms. The Balaban J connectivity index is 2.10. The van der Waals surface area contributed by atoms with E-state index in [1.807, 2.05) is 0 Å². The Kier molecular flexibility index (Phi) is 6.25. The molecule has 0 spiro atoms. The summed E-state index contributed by atoms with van der Waals surface area (Å²) in [6.45, 7) is 1.65. The predicted molar refractivity (Wildman–Crippen MR) is 104 cm³/mol. The molecule has 1 amide bonds.